The summed E-state index contributed by atoms with van der Waals surface area (Å²) in [5.74, 6) is 0.370. The predicted octanol–water partition coefficient (Wildman–Crippen LogP) is 5.49. The molecule has 3 aromatic rings. The number of nitrogens with one attached hydrogen (secondary N) is 1. The van der Waals surface area contributed by atoms with Crippen LogP contribution in [-0.4, -0.2) is 22.5 Å². The number of carbonyl (C=O) groups is 1. The molecule has 6 nitrogen and oxygen atoms in total. The number of esters is 1. The highest BCUT2D eigenvalue weighted by atomic mass is 19.1. The summed E-state index contributed by atoms with van der Waals surface area (Å²) < 4.78 is 18.8. The lowest BCUT2D eigenvalue weighted by molar-refractivity contribution is -0.148. The van der Waals surface area contributed by atoms with E-state index in [2.05, 4.69) is 46.4 Å². The van der Waals surface area contributed by atoms with E-state index in [4.69, 9.17) is 9.72 Å². The molecule has 0 spiro atoms. The molecule has 0 amide bonds. The zero-order valence-electron chi connectivity index (χ0n) is 19.4. The number of nitrogens with zero attached hydrogens (tertiary/aromatic N) is 3. The summed E-state index contributed by atoms with van der Waals surface area (Å²) >= 11 is 0. The Morgan fingerprint density at radius 1 is 1.18 bits per heavy atom. The van der Waals surface area contributed by atoms with Gasteiger partial charge in [-0.05, 0) is 55.7 Å². The maximum Gasteiger partial charge on any atom is 0.308 e. The van der Waals surface area contributed by atoms with Gasteiger partial charge >= 0.3 is 5.97 Å². The lowest BCUT2D eigenvalue weighted by Gasteiger charge is -2.37. The lowest BCUT2D eigenvalue weighted by Crippen LogP contribution is -2.35. The fourth-order valence-electron chi connectivity index (χ4n) is 4.06. The Hall–Kier alpha value is -3.48. The third kappa shape index (κ3) is 4.97. The van der Waals surface area contributed by atoms with Crippen LogP contribution in [-0.2, 0) is 22.6 Å². The number of aromatic nitrogens is 2. The molecule has 1 aliphatic rings. The maximum absolute atomic E-state index is 13.3. The standard InChI is InChI=1S/C26H29FN4O2/c1-16(2)25(32)33-15-23-17(3)24(30-26(29-23)28-21-11-9-20(27)10-12-21)31-14-13-19-7-5-6-8-22(19)18(31)4/h5-12,16,18H,13-15H2,1-4H3,(H,28,29,30). The molecule has 0 aliphatic carbocycles. The van der Waals surface area contributed by atoms with E-state index < -0.39 is 0 Å². The molecule has 0 fully saturated rings. The minimum Gasteiger partial charge on any atom is -0.459 e. The van der Waals surface area contributed by atoms with Crippen molar-refractivity contribution in [2.24, 2.45) is 5.92 Å². The van der Waals surface area contributed by atoms with E-state index in [1.165, 1.54) is 23.3 Å². The van der Waals surface area contributed by atoms with Crippen LogP contribution in [0.3, 0.4) is 0 Å². The van der Waals surface area contributed by atoms with Crippen LogP contribution in [0.25, 0.3) is 0 Å². The molecule has 0 bridgehead atoms. The summed E-state index contributed by atoms with van der Waals surface area (Å²) in [6.45, 7) is 8.62. The average Bonchev–Trinajstić information content (AvgIpc) is 2.81. The fraction of sp³-hybridized carbons (Fsp3) is 0.346. The first kappa shape index (κ1) is 22.7. The minimum absolute atomic E-state index is 0.0648. The molecule has 2 aromatic carbocycles. The van der Waals surface area contributed by atoms with Crippen LogP contribution in [0.4, 0.5) is 21.8 Å². The van der Waals surface area contributed by atoms with Crippen LogP contribution in [0.1, 0.15) is 49.2 Å². The van der Waals surface area contributed by atoms with E-state index in [0.29, 0.717) is 17.3 Å². The molecule has 4 rings (SSSR count). The van der Waals surface area contributed by atoms with Gasteiger partial charge in [-0.1, -0.05) is 38.1 Å². The number of hydrogen-bond donors (Lipinski definition) is 1. The van der Waals surface area contributed by atoms with Gasteiger partial charge in [0.15, 0.2) is 0 Å². The number of ether oxygens (including phenoxy) is 1. The van der Waals surface area contributed by atoms with Crippen molar-refractivity contribution in [3.05, 3.63) is 76.7 Å². The van der Waals surface area contributed by atoms with Gasteiger partial charge in [0, 0.05) is 17.8 Å². The Balaban J connectivity index is 1.70. The maximum atomic E-state index is 13.3. The molecule has 0 saturated carbocycles. The molecular weight excluding hydrogens is 419 g/mol. The molecule has 0 radical (unpaired) electrons. The van der Waals surface area contributed by atoms with Crippen molar-refractivity contribution in [2.75, 3.05) is 16.8 Å². The summed E-state index contributed by atoms with van der Waals surface area (Å²) in [5.41, 5.74) is 4.83. The van der Waals surface area contributed by atoms with Gasteiger partial charge in [0.25, 0.3) is 0 Å². The van der Waals surface area contributed by atoms with Crippen LogP contribution in [0.5, 0.6) is 0 Å². The molecule has 1 aromatic heterocycles. The molecular formula is C26H29FN4O2. The molecule has 2 heterocycles. The number of anilines is 3. The summed E-state index contributed by atoms with van der Waals surface area (Å²) in [5, 5.41) is 3.17. The number of carbonyl (C=O) groups excluding carboxylic acids is 1. The Kier molecular flexibility index (Phi) is 6.58. The van der Waals surface area contributed by atoms with E-state index in [0.717, 1.165) is 24.3 Å². The summed E-state index contributed by atoms with van der Waals surface area (Å²) in [6, 6.07) is 14.6. The summed E-state index contributed by atoms with van der Waals surface area (Å²) in [7, 11) is 0. The Morgan fingerprint density at radius 3 is 2.64 bits per heavy atom. The quantitative estimate of drug-likeness (QED) is 0.503. The van der Waals surface area contributed by atoms with Crippen LogP contribution >= 0.6 is 0 Å². The minimum atomic E-state index is -0.312. The fourth-order valence-corrected chi connectivity index (χ4v) is 4.06. The second-order valence-corrected chi connectivity index (χ2v) is 8.66. The van der Waals surface area contributed by atoms with Gasteiger partial charge in [-0.15, -0.1) is 0 Å². The highest BCUT2D eigenvalue weighted by Gasteiger charge is 2.27. The van der Waals surface area contributed by atoms with Crippen molar-refractivity contribution in [2.45, 2.75) is 46.8 Å². The van der Waals surface area contributed by atoms with Gasteiger partial charge in [0.2, 0.25) is 5.95 Å². The van der Waals surface area contributed by atoms with Crippen LogP contribution in [0, 0.1) is 18.7 Å². The molecule has 1 aliphatic heterocycles. The van der Waals surface area contributed by atoms with Crippen molar-refractivity contribution in [3.63, 3.8) is 0 Å². The predicted molar refractivity (Wildman–Crippen MR) is 127 cm³/mol. The Morgan fingerprint density at radius 2 is 1.91 bits per heavy atom. The lowest BCUT2D eigenvalue weighted by atomic mass is 9.93. The number of fused-ring (bicyclic) bond motifs is 1. The number of halogens is 1. The topological polar surface area (TPSA) is 67.3 Å². The smallest absolute Gasteiger partial charge is 0.308 e. The first-order valence-electron chi connectivity index (χ1n) is 11.2. The monoisotopic (exact) mass is 448 g/mol. The highest BCUT2D eigenvalue weighted by Crippen LogP contribution is 2.35. The van der Waals surface area contributed by atoms with Gasteiger partial charge in [-0.2, -0.15) is 4.98 Å². The van der Waals surface area contributed by atoms with E-state index in [9.17, 15) is 9.18 Å². The zero-order valence-corrected chi connectivity index (χ0v) is 19.4. The first-order chi connectivity index (χ1) is 15.8. The van der Waals surface area contributed by atoms with E-state index in [1.54, 1.807) is 26.0 Å². The zero-order chi connectivity index (χ0) is 23.5. The average molecular weight is 449 g/mol. The molecule has 1 atom stereocenters. The summed E-state index contributed by atoms with van der Waals surface area (Å²) in [6.07, 6.45) is 0.919. The molecule has 1 unspecified atom stereocenters. The normalized spacial score (nSPS) is 15.3. The largest absolute Gasteiger partial charge is 0.459 e. The molecule has 172 valence electrons. The van der Waals surface area contributed by atoms with Crippen LogP contribution in [0.15, 0.2) is 48.5 Å². The van der Waals surface area contributed by atoms with Crippen molar-refractivity contribution < 1.29 is 13.9 Å². The van der Waals surface area contributed by atoms with Crippen LogP contribution < -0.4 is 10.2 Å². The molecule has 1 N–H and O–H groups in total. The second-order valence-electron chi connectivity index (χ2n) is 8.66. The van der Waals surface area contributed by atoms with Crippen LogP contribution in [0.2, 0.25) is 0 Å². The molecule has 7 heteroatoms. The second kappa shape index (κ2) is 9.57. The van der Waals surface area contributed by atoms with Crippen molar-refractivity contribution >= 4 is 23.4 Å². The number of hydrogen-bond acceptors (Lipinski definition) is 6. The molecule has 33 heavy (non-hydrogen) atoms. The third-order valence-corrected chi connectivity index (χ3v) is 6.01. The van der Waals surface area contributed by atoms with E-state index in [1.807, 2.05) is 6.92 Å². The van der Waals surface area contributed by atoms with Gasteiger partial charge in [-0.25, -0.2) is 9.37 Å². The van der Waals surface area contributed by atoms with Gasteiger partial charge in [0.05, 0.1) is 17.7 Å². The van der Waals surface area contributed by atoms with Crippen molar-refractivity contribution in [3.8, 4) is 0 Å². The van der Waals surface area contributed by atoms with Gasteiger partial charge in [-0.3, -0.25) is 4.79 Å². The van der Waals surface area contributed by atoms with Crippen molar-refractivity contribution in [1.29, 1.82) is 0 Å². The Bertz CT molecular complexity index is 1150. The Labute approximate surface area is 193 Å². The SMILES string of the molecule is Cc1c(COC(=O)C(C)C)nc(Nc2ccc(F)cc2)nc1N1CCc2ccccc2C1C. The highest BCUT2D eigenvalue weighted by molar-refractivity contribution is 5.71. The summed E-state index contributed by atoms with van der Waals surface area (Å²) in [4.78, 5) is 23.8. The molecule has 0 saturated heterocycles. The van der Waals surface area contributed by atoms with E-state index in [-0.39, 0.29) is 30.4 Å². The van der Waals surface area contributed by atoms with Gasteiger partial charge in [0.1, 0.15) is 18.2 Å². The number of benzene rings is 2. The third-order valence-electron chi connectivity index (χ3n) is 6.01. The van der Waals surface area contributed by atoms with Crippen molar-refractivity contribution in [1.82, 2.24) is 9.97 Å². The number of rotatable bonds is 6. The van der Waals surface area contributed by atoms with E-state index >= 15 is 0 Å². The first-order valence-corrected chi connectivity index (χ1v) is 11.2. The van der Waals surface area contributed by atoms with Gasteiger partial charge < -0.3 is 15.0 Å².